The Kier molecular flexibility index (Phi) is 3.92. The first kappa shape index (κ1) is 15.9. The first-order chi connectivity index (χ1) is 12.6. The van der Waals surface area contributed by atoms with Gasteiger partial charge in [0.2, 0.25) is 5.91 Å². The fourth-order valence-corrected chi connectivity index (χ4v) is 2.89. The summed E-state index contributed by atoms with van der Waals surface area (Å²) in [5.41, 5.74) is 2.23. The number of benzene rings is 1. The van der Waals surface area contributed by atoms with Crippen LogP contribution in [0.5, 0.6) is 0 Å². The quantitative estimate of drug-likeness (QED) is 0.778. The van der Waals surface area contributed by atoms with E-state index in [0.717, 1.165) is 5.69 Å². The Morgan fingerprint density at radius 3 is 2.81 bits per heavy atom. The van der Waals surface area contributed by atoms with Crippen molar-refractivity contribution in [3.63, 3.8) is 0 Å². The molecule has 1 aliphatic rings. The van der Waals surface area contributed by atoms with E-state index in [1.54, 1.807) is 42.2 Å². The van der Waals surface area contributed by atoms with E-state index in [0.29, 0.717) is 17.9 Å². The lowest BCUT2D eigenvalue weighted by Crippen LogP contribution is -2.49. The Morgan fingerprint density at radius 1 is 1.19 bits per heavy atom. The summed E-state index contributed by atoms with van der Waals surface area (Å²) in [4.78, 5) is 30.9. The maximum absolute atomic E-state index is 13.0. The molecule has 0 saturated carbocycles. The minimum atomic E-state index is -0.640. The number of carbonyl (C=O) groups excluding carboxylic acids is 2. The van der Waals surface area contributed by atoms with E-state index in [1.165, 1.54) is 4.90 Å². The molecular formula is C18H16N6O2. The van der Waals surface area contributed by atoms with Crippen LogP contribution in [-0.2, 0) is 11.3 Å². The van der Waals surface area contributed by atoms with E-state index in [4.69, 9.17) is 0 Å². The number of carbonyl (C=O) groups is 2. The van der Waals surface area contributed by atoms with Gasteiger partial charge in [-0.2, -0.15) is 0 Å². The number of anilines is 2. The van der Waals surface area contributed by atoms with Gasteiger partial charge in [-0.3, -0.25) is 19.5 Å². The van der Waals surface area contributed by atoms with E-state index in [2.05, 4.69) is 20.6 Å². The second-order valence-electron chi connectivity index (χ2n) is 5.98. The maximum atomic E-state index is 13.0. The predicted molar refractivity (Wildman–Crippen MR) is 94.7 cm³/mol. The van der Waals surface area contributed by atoms with Crippen LogP contribution in [0.1, 0.15) is 23.1 Å². The first-order valence-electron chi connectivity index (χ1n) is 8.17. The molecule has 0 saturated heterocycles. The maximum Gasteiger partial charge on any atom is 0.281 e. The molecule has 2 amide bonds. The molecule has 4 rings (SSSR count). The van der Waals surface area contributed by atoms with Gasteiger partial charge >= 0.3 is 0 Å². The van der Waals surface area contributed by atoms with Gasteiger partial charge in [-0.1, -0.05) is 23.4 Å². The number of aromatic nitrogens is 4. The lowest BCUT2D eigenvalue weighted by molar-refractivity contribution is -0.117. The number of amides is 2. The third-order valence-electron chi connectivity index (χ3n) is 4.21. The monoisotopic (exact) mass is 348 g/mol. The SMILES string of the molecule is CC1C(=O)Nc2ccccc2N1C(=O)c1cn(Cc2ccccn2)nn1. The Hall–Kier alpha value is -3.55. The van der Waals surface area contributed by atoms with Crippen LogP contribution < -0.4 is 10.2 Å². The van der Waals surface area contributed by atoms with E-state index < -0.39 is 6.04 Å². The van der Waals surface area contributed by atoms with Crippen LogP contribution in [0.15, 0.2) is 54.9 Å². The second-order valence-corrected chi connectivity index (χ2v) is 5.98. The van der Waals surface area contributed by atoms with Crippen molar-refractivity contribution in [3.05, 3.63) is 66.2 Å². The lowest BCUT2D eigenvalue weighted by atomic mass is 10.1. The minimum Gasteiger partial charge on any atom is -0.322 e. The van der Waals surface area contributed by atoms with Gasteiger partial charge < -0.3 is 5.32 Å². The summed E-state index contributed by atoms with van der Waals surface area (Å²) in [5, 5.41) is 10.8. The summed E-state index contributed by atoms with van der Waals surface area (Å²) >= 11 is 0. The molecule has 1 unspecified atom stereocenters. The first-order valence-corrected chi connectivity index (χ1v) is 8.17. The molecule has 3 aromatic rings. The summed E-state index contributed by atoms with van der Waals surface area (Å²) in [6, 6.07) is 12.1. The Morgan fingerprint density at radius 2 is 2.00 bits per heavy atom. The summed E-state index contributed by atoms with van der Waals surface area (Å²) < 4.78 is 1.55. The van der Waals surface area contributed by atoms with Crippen molar-refractivity contribution in [2.75, 3.05) is 10.2 Å². The van der Waals surface area contributed by atoms with Gasteiger partial charge in [0.25, 0.3) is 5.91 Å². The van der Waals surface area contributed by atoms with E-state index in [9.17, 15) is 9.59 Å². The second kappa shape index (κ2) is 6.40. The highest BCUT2D eigenvalue weighted by atomic mass is 16.2. The molecule has 8 heteroatoms. The lowest BCUT2D eigenvalue weighted by Gasteiger charge is -2.33. The minimum absolute atomic E-state index is 0.178. The van der Waals surface area contributed by atoms with Gasteiger partial charge in [0.05, 0.1) is 29.8 Å². The van der Waals surface area contributed by atoms with Crippen molar-refractivity contribution in [3.8, 4) is 0 Å². The Balaban J connectivity index is 1.63. The Bertz CT molecular complexity index is 969. The number of nitrogens with zero attached hydrogens (tertiary/aromatic N) is 5. The zero-order chi connectivity index (χ0) is 18.1. The van der Waals surface area contributed by atoms with Crippen LogP contribution in [0, 0.1) is 0 Å². The van der Waals surface area contributed by atoms with Crippen molar-refractivity contribution >= 4 is 23.2 Å². The van der Waals surface area contributed by atoms with Crippen molar-refractivity contribution in [1.29, 1.82) is 0 Å². The standard InChI is InChI=1S/C18H16N6O2/c1-12-17(25)20-14-7-2-3-8-16(14)24(12)18(26)15-11-23(22-21-15)10-13-6-4-5-9-19-13/h2-9,11-12H,10H2,1H3,(H,20,25). The van der Waals surface area contributed by atoms with Crippen LogP contribution in [0.4, 0.5) is 11.4 Å². The number of pyridine rings is 1. The number of hydrogen-bond acceptors (Lipinski definition) is 5. The molecule has 130 valence electrons. The number of hydrogen-bond donors (Lipinski definition) is 1. The summed E-state index contributed by atoms with van der Waals surface area (Å²) in [6.07, 6.45) is 3.27. The largest absolute Gasteiger partial charge is 0.322 e. The van der Waals surface area contributed by atoms with E-state index in [1.807, 2.05) is 24.3 Å². The molecule has 1 atom stereocenters. The predicted octanol–water partition coefficient (Wildman–Crippen LogP) is 1.71. The van der Waals surface area contributed by atoms with Crippen molar-refractivity contribution in [2.45, 2.75) is 19.5 Å². The van der Waals surface area contributed by atoms with Gasteiger partial charge in [-0.25, -0.2) is 4.68 Å². The zero-order valence-corrected chi connectivity index (χ0v) is 14.0. The summed E-state index contributed by atoms with van der Waals surface area (Å²) in [5.74, 6) is -0.606. The fourth-order valence-electron chi connectivity index (χ4n) is 2.89. The summed E-state index contributed by atoms with van der Waals surface area (Å²) in [6.45, 7) is 2.09. The average Bonchev–Trinajstić information content (AvgIpc) is 3.12. The highest BCUT2D eigenvalue weighted by molar-refractivity contribution is 6.15. The van der Waals surface area contributed by atoms with Crippen molar-refractivity contribution < 1.29 is 9.59 Å². The molecule has 1 aliphatic heterocycles. The van der Waals surface area contributed by atoms with Crippen LogP contribution in [0.25, 0.3) is 0 Å². The molecular weight excluding hydrogens is 332 g/mol. The van der Waals surface area contributed by atoms with Gasteiger partial charge in [0.15, 0.2) is 5.69 Å². The molecule has 2 aromatic heterocycles. The number of fused-ring (bicyclic) bond motifs is 1. The smallest absolute Gasteiger partial charge is 0.281 e. The van der Waals surface area contributed by atoms with E-state index in [-0.39, 0.29) is 17.5 Å². The van der Waals surface area contributed by atoms with Gasteiger partial charge in [-0.05, 0) is 31.2 Å². The molecule has 8 nitrogen and oxygen atoms in total. The zero-order valence-electron chi connectivity index (χ0n) is 14.0. The normalized spacial score (nSPS) is 16.1. The number of nitrogens with one attached hydrogen (secondary N) is 1. The topological polar surface area (TPSA) is 93.0 Å². The molecule has 1 N–H and O–H groups in total. The molecule has 3 heterocycles. The van der Waals surface area contributed by atoms with Crippen molar-refractivity contribution in [1.82, 2.24) is 20.0 Å². The highest BCUT2D eigenvalue weighted by Gasteiger charge is 2.35. The van der Waals surface area contributed by atoms with Gasteiger partial charge in [0.1, 0.15) is 6.04 Å². The molecule has 0 radical (unpaired) electrons. The average molecular weight is 348 g/mol. The fraction of sp³-hybridized carbons (Fsp3) is 0.167. The van der Waals surface area contributed by atoms with Crippen molar-refractivity contribution in [2.24, 2.45) is 0 Å². The molecule has 1 aromatic carbocycles. The molecule has 26 heavy (non-hydrogen) atoms. The van der Waals surface area contributed by atoms with Gasteiger partial charge in [-0.15, -0.1) is 5.10 Å². The molecule has 0 bridgehead atoms. The molecule has 0 spiro atoms. The van der Waals surface area contributed by atoms with Crippen LogP contribution in [0.3, 0.4) is 0 Å². The summed E-state index contributed by atoms with van der Waals surface area (Å²) in [7, 11) is 0. The highest BCUT2D eigenvalue weighted by Crippen LogP contribution is 2.32. The molecule has 0 fully saturated rings. The van der Waals surface area contributed by atoms with Gasteiger partial charge in [0, 0.05) is 6.20 Å². The van der Waals surface area contributed by atoms with Crippen LogP contribution in [0.2, 0.25) is 0 Å². The van der Waals surface area contributed by atoms with Crippen LogP contribution in [-0.4, -0.2) is 37.8 Å². The number of rotatable bonds is 3. The number of para-hydroxylation sites is 2. The third-order valence-corrected chi connectivity index (χ3v) is 4.21. The molecule has 0 aliphatic carbocycles. The van der Waals surface area contributed by atoms with Crippen LogP contribution >= 0.6 is 0 Å². The Labute approximate surface area is 149 Å². The van der Waals surface area contributed by atoms with E-state index >= 15 is 0 Å². The third kappa shape index (κ3) is 2.81.